The molecule has 0 spiro atoms. The number of alkyl carbamates (subject to hydrolysis) is 1. The fourth-order valence-corrected chi connectivity index (χ4v) is 2.84. The maximum atomic E-state index is 12.9. The minimum Gasteiger partial charge on any atom is -0.493 e. The van der Waals surface area contributed by atoms with Crippen molar-refractivity contribution in [1.82, 2.24) is 15.3 Å². The molecule has 2 atom stereocenters. The van der Waals surface area contributed by atoms with Gasteiger partial charge in [-0.1, -0.05) is 0 Å². The SMILES string of the molecule is C[C@@H](COc1ncc(NC(=O)c2ccc(OCC3CC3(F)F)cc2)c(=O)[nH]1)NC(=O)OC(C)(C)C. The number of nitrogens with zero attached hydrogens (tertiary/aromatic N) is 1. The monoisotopic (exact) mass is 494 g/mol. The number of hydrogen-bond donors (Lipinski definition) is 3. The third kappa shape index (κ3) is 7.94. The molecule has 35 heavy (non-hydrogen) atoms. The van der Waals surface area contributed by atoms with E-state index in [2.05, 4.69) is 20.6 Å². The number of halogens is 2. The summed E-state index contributed by atoms with van der Waals surface area (Å²) in [6.45, 7) is 6.84. The first-order chi connectivity index (χ1) is 16.3. The quantitative estimate of drug-likeness (QED) is 0.487. The van der Waals surface area contributed by atoms with Crippen molar-refractivity contribution >= 4 is 17.7 Å². The Kier molecular flexibility index (Phi) is 7.61. The Morgan fingerprint density at radius 2 is 1.89 bits per heavy atom. The van der Waals surface area contributed by atoms with Crippen molar-refractivity contribution in [3.05, 3.63) is 46.4 Å². The molecule has 1 aliphatic rings. The highest BCUT2D eigenvalue weighted by atomic mass is 19.3. The lowest BCUT2D eigenvalue weighted by atomic mass is 10.2. The van der Waals surface area contributed by atoms with E-state index in [0.29, 0.717) is 5.75 Å². The molecule has 0 saturated heterocycles. The Morgan fingerprint density at radius 3 is 2.46 bits per heavy atom. The van der Waals surface area contributed by atoms with Crippen LogP contribution in [0.5, 0.6) is 11.8 Å². The molecule has 190 valence electrons. The van der Waals surface area contributed by atoms with Crippen molar-refractivity contribution in [1.29, 1.82) is 0 Å². The van der Waals surface area contributed by atoms with Crippen LogP contribution in [-0.4, -0.2) is 52.7 Å². The fourth-order valence-electron chi connectivity index (χ4n) is 2.84. The van der Waals surface area contributed by atoms with E-state index in [1.54, 1.807) is 27.7 Å². The number of anilines is 1. The average molecular weight is 494 g/mol. The Labute approximate surface area is 200 Å². The molecular weight excluding hydrogens is 466 g/mol. The second kappa shape index (κ2) is 10.3. The molecule has 1 saturated carbocycles. The number of carbonyl (C=O) groups is 2. The molecule has 1 aromatic carbocycles. The van der Waals surface area contributed by atoms with Crippen molar-refractivity contribution < 1.29 is 32.6 Å². The number of H-pyrrole nitrogens is 1. The molecule has 10 nitrogen and oxygen atoms in total. The summed E-state index contributed by atoms with van der Waals surface area (Å²) in [6, 6.07) is 5.36. The second-order valence-corrected chi connectivity index (χ2v) is 9.24. The molecule has 1 unspecified atom stereocenters. The Balaban J connectivity index is 1.48. The highest BCUT2D eigenvalue weighted by Gasteiger charge is 2.57. The van der Waals surface area contributed by atoms with Crippen LogP contribution in [0.15, 0.2) is 35.3 Å². The Morgan fingerprint density at radius 1 is 1.23 bits per heavy atom. The van der Waals surface area contributed by atoms with Crippen LogP contribution >= 0.6 is 0 Å². The van der Waals surface area contributed by atoms with Crippen molar-refractivity contribution in [3.8, 4) is 11.8 Å². The number of alkyl halides is 2. The number of aromatic nitrogens is 2. The first-order valence-electron chi connectivity index (χ1n) is 11.0. The summed E-state index contributed by atoms with van der Waals surface area (Å²) in [5.74, 6) is -3.64. The summed E-state index contributed by atoms with van der Waals surface area (Å²) in [5, 5.41) is 5.04. The number of rotatable bonds is 9. The summed E-state index contributed by atoms with van der Waals surface area (Å²) in [7, 11) is 0. The molecule has 1 aliphatic carbocycles. The van der Waals surface area contributed by atoms with E-state index in [4.69, 9.17) is 14.2 Å². The topological polar surface area (TPSA) is 132 Å². The van der Waals surface area contributed by atoms with Gasteiger partial charge < -0.3 is 24.8 Å². The lowest BCUT2D eigenvalue weighted by molar-refractivity contribution is 0.0492. The number of carbonyl (C=O) groups excluding carboxylic acids is 2. The van der Waals surface area contributed by atoms with Gasteiger partial charge in [0.1, 0.15) is 23.6 Å². The molecule has 1 fully saturated rings. The average Bonchev–Trinajstić information content (AvgIpc) is 3.37. The number of nitrogens with one attached hydrogen (secondary N) is 3. The molecule has 0 bridgehead atoms. The van der Waals surface area contributed by atoms with Crippen molar-refractivity contribution in [2.75, 3.05) is 18.5 Å². The first kappa shape index (κ1) is 25.9. The van der Waals surface area contributed by atoms with Gasteiger partial charge in [-0.2, -0.15) is 0 Å². The lowest BCUT2D eigenvalue weighted by Gasteiger charge is -2.21. The van der Waals surface area contributed by atoms with E-state index in [1.165, 1.54) is 24.3 Å². The molecule has 1 aromatic heterocycles. The van der Waals surface area contributed by atoms with Gasteiger partial charge in [-0.3, -0.25) is 14.6 Å². The molecule has 12 heteroatoms. The van der Waals surface area contributed by atoms with Crippen LogP contribution in [0.4, 0.5) is 19.3 Å². The Bertz CT molecular complexity index is 1110. The smallest absolute Gasteiger partial charge is 0.407 e. The largest absolute Gasteiger partial charge is 0.493 e. The molecule has 2 aromatic rings. The predicted molar refractivity (Wildman–Crippen MR) is 122 cm³/mol. The molecule has 2 amide bonds. The van der Waals surface area contributed by atoms with Crippen LogP contribution in [0.2, 0.25) is 0 Å². The molecule has 3 rings (SSSR count). The van der Waals surface area contributed by atoms with Gasteiger partial charge >= 0.3 is 6.09 Å². The van der Waals surface area contributed by atoms with Crippen LogP contribution in [-0.2, 0) is 4.74 Å². The molecule has 3 N–H and O–H groups in total. The molecule has 1 heterocycles. The van der Waals surface area contributed by atoms with Crippen LogP contribution in [0.3, 0.4) is 0 Å². The third-order valence-electron chi connectivity index (χ3n) is 4.78. The van der Waals surface area contributed by atoms with E-state index in [0.717, 1.165) is 6.20 Å². The zero-order valence-electron chi connectivity index (χ0n) is 19.8. The highest BCUT2D eigenvalue weighted by Crippen LogP contribution is 2.48. The summed E-state index contributed by atoms with van der Waals surface area (Å²) in [4.78, 5) is 42.8. The second-order valence-electron chi connectivity index (χ2n) is 9.24. The van der Waals surface area contributed by atoms with Crippen LogP contribution in [0.1, 0.15) is 44.5 Å². The first-order valence-corrected chi connectivity index (χ1v) is 11.0. The van der Waals surface area contributed by atoms with E-state index < -0.39 is 41.0 Å². The van der Waals surface area contributed by atoms with Crippen molar-refractivity contribution in [2.24, 2.45) is 5.92 Å². The number of ether oxygens (including phenoxy) is 3. The molecule has 0 radical (unpaired) electrons. The summed E-state index contributed by atoms with van der Waals surface area (Å²) >= 11 is 0. The van der Waals surface area contributed by atoms with Gasteiger partial charge in [-0.15, -0.1) is 0 Å². The maximum absolute atomic E-state index is 12.9. The van der Waals surface area contributed by atoms with Gasteiger partial charge in [0.05, 0.1) is 24.8 Å². The van der Waals surface area contributed by atoms with Crippen LogP contribution in [0.25, 0.3) is 0 Å². The standard InChI is InChI=1S/C23H28F2N4O6/c1-13(27-21(32)35-22(2,3)4)11-34-20-26-10-17(19(31)29-20)28-18(30)14-5-7-16(8-6-14)33-12-15-9-23(15,24)25/h5-8,10,13,15H,9,11-12H2,1-4H3,(H,27,32)(H,28,30)(H,26,29,31)/t13-,15?/m0/s1. The van der Waals surface area contributed by atoms with Gasteiger partial charge in [0.25, 0.3) is 23.4 Å². The third-order valence-corrected chi connectivity index (χ3v) is 4.78. The highest BCUT2D eigenvalue weighted by molar-refractivity contribution is 6.04. The van der Waals surface area contributed by atoms with Gasteiger partial charge in [0.15, 0.2) is 0 Å². The predicted octanol–water partition coefficient (Wildman–Crippen LogP) is 3.35. The molecular formula is C23H28F2N4O6. The number of hydrogen-bond acceptors (Lipinski definition) is 7. The molecule has 0 aliphatic heterocycles. The van der Waals surface area contributed by atoms with Crippen LogP contribution < -0.4 is 25.7 Å². The summed E-state index contributed by atoms with van der Waals surface area (Å²) in [6.07, 6.45) is 0.366. The van der Waals surface area contributed by atoms with Gasteiger partial charge in [0.2, 0.25) is 0 Å². The van der Waals surface area contributed by atoms with Crippen molar-refractivity contribution in [2.45, 2.75) is 51.7 Å². The fraction of sp³-hybridized carbons (Fsp3) is 0.478. The minimum atomic E-state index is -2.66. The number of benzene rings is 1. The van der Waals surface area contributed by atoms with Gasteiger partial charge in [0, 0.05) is 12.0 Å². The zero-order valence-corrected chi connectivity index (χ0v) is 19.8. The summed E-state index contributed by atoms with van der Waals surface area (Å²) < 4.78 is 41.7. The van der Waals surface area contributed by atoms with E-state index in [1.807, 2.05) is 0 Å². The lowest BCUT2D eigenvalue weighted by Crippen LogP contribution is -2.40. The van der Waals surface area contributed by atoms with E-state index in [-0.39, 0.29) is 36.9 Å². The zero-order chi connectivity index (χ0) is 25.8. The minimum absolute atomic E-state index is 0.0146. The van der Waals surface area contributed by atoms with Crippen LogP contribution in [0, 0.1) is 5.92 Å². The van der Waals surface area contributed by atoms with Gasteiger partial charge in [-0.25, -0.2) is 18.6 Å². The Hall–Kier alpha value is -3.70. The normalized spacial score (nSPS) is 17.1. The number of aromatic amines is 1. The van der Waals surface area contributed by atoms with E-state index in [9.17, 15) is 23.2 Å². The van der Waals surface area contributed by atoms with Gasteiger partial charge in [-0.05, 0) is 52.0 Å². The number of amides is 2. The van der Waals surface area contributed by atoms with E-state index >= 15 is 0 Å². The van der Waals surface area contributed by atoms with Crippen molar-refractivity contribution in [3.63, 3.8) is 0 Å². The maximum Gasteiger partial charge on any atom is 0.407 e. The summed E-state index contributed by atoms with van der Waals surface area (Å²) in [5.41, 5.74) is -1.14.